The number of hydrogen-bond donors (Lipinski definition) is 2. The lowest BCUT2D eigenvalue weighted by Gasteiger charge is -2.00. The van der Waals surface area contributed by atoms with Gasteiger partial charge in [-0.3, -0.25) is 9.48 Å². The van der Waals surface area contributed by atoms with Crippen LogP contribution in [-0.4, -0.2) is 20.7 Å². The molecule has 118 valence electrons. The van der Waals surface area contributed by atoms with Crippen molar-refractivity contribution in [3.8, 4) is 10.6 Å². The van der Waals surface area contributed by atoms with Gasteiger partial charge in [0.1, 0.15) is 15.8 Å². The molecule has 0 bridgehead atoms. The molecule has 0 aliphatic rings. The van der Waals surface area contributed by atoms with Crippen LogP contribution in [0, 0.1) is 5.82 Å². The van der Waals surface area contributed by atoms with Crippen LogP contribution >= 0.6 is 22.9 Å². The highest BCUT2D eigenvalue weighted by atomic mass is 35.5. The maximum Gasteiger partial charge on any atom is 0.277 e. The number of aryl methyl sites for hydroxylation is 1. The monoisotopic (exact) mass is 351 g/mol. The van der Waals surface area contributed by atoms with Crippen LogP contribution in [0.25, 0.3) is 10.6 Å². The highest BCUT2D eigenvalue weighted by Crippen LogP contribution is 2.33. The first-order valence-corrected chi connectivity index (χ1v) is 7.65. The van der Waals surface area contributed by atoms with Crippen molar-refractivity contribution in [1.82, 2.24) is 14.8 Å². The third-order valence-electron chi connectivity index (χ3n) is 2.99. The second-order valence-electron chi connectivity index (χ2n) is 4.71. The van der Waals surface area contributed by atoms with E-state index in [1.54, 1.807) is 17.9 Å². The van der Waals surface area contributed by atoms with Gasteiger partial charge < -0.3 is 11.1 Å². The van der Waals surface area contributed by atoms with E-state index in [1.165, 1.54) is 24.4 Å². The fourth-order valence-electron chi connectivity index (χ4n) is 1.95. The molecule has 0 saturated heterocycles. The number of carbonyl (C=O) groups is 1. The zero-order chi connectivity index (χ0) is 16.6. The topological polar surface area (TPSA) is 85.8 Å². The normalized spacial score (nSPS) is 10.7. The molecule has 3 aromatic rings. The summed E-state index contributed by atoms with van der Waals surface area (Å²) in [5.41, 5.74) is 6.60. The van der Waals surface area contributed by atoms with Crippen molar-refractivity contribution >= 4 is 39.5 Å². The van der Waals surface area contributed by atoms with Crippen LogP contribution in [0.2, 0.25) is 5.02 Å². The van der Waals surface area contributed by atoms with Gasteiger partial charge in [-0.15, -0.1) is 0 Å². The third kappa shape index (κ3) is 3.17. The third-order valence-corrected chi connectivity index (χ3v) is 4.14. The fraction of sp³-hybridized carbons (Fsp3) is 0.0714. The molecular formula is C14H11ClFN5OS. The maximum atomic E-state index is 13.9. The largest absolute Gasteiger partial charge is 0.389 e. The first kappa shape index (κ1) is 15.4. The molecule has 3 rings (SSSR count). The molecule has 2 heterocycles. The molecule has 23 heavy (non-hydrogen) atoms. The van der Waals surface area contributed by atoms with Crippen molar-refractivity contribution in [2.24, 2.45) is 7.05 Å². The molecule has 0 saturated carbocycles. The van der Waals surface area contributed by atoms with Crippen LogP contribution in [0.1, 0.15) is 10.5 Å². The Hall–Kier alpha value is -2.45. The summed E-state index contributed by atoms with van der Waals surface area (Å²) in [6.45, 7) is 0. The number of aromatic nitrogens is 3. The molecule has 1 aromatic carbocycles. The van der Waals surface area contributed by atoms with Crippen LogP contribution < -0.4 is 11.1 Å². The molecule has 0 aliphatic carbocycles. The van der Waals surface area contributed by atoms with E-state index < -0.39 is 11.7 Å². The Morgan fingerprint density at radius 3 is 2.96 bits per heavy atom. The van der Waals surface area contributed by atoms with Gasteiger partial charge in [0.25, 0.3) is 5.91 Å². The smallest absolute Gasteiger partial charge is 0.277 e. The summed E-state index contributed by atoms with van der Waals surface area (Å²) < 4.78 is 15.5. The summed E-state index contributed by atoms with van der Waals surface area (Å²) in [6, 6.07) is 4.12. The maximum absolute atomic E-state index is 13.9. The van der Waals surface area contributed by atoms with E-state index in [9.17, 15) is 9.18 Å². The second kappa shape index (κ2) is 5.98. The minimum Gasteiger partial charge on any atom is -0.389 e. The van der Waals surface area contributed by atoms with Gasteiger partial charge in [-0.1, -0.05) is 22.9 Å². The van der Waals surface area contributed by atoms with Crippen LogP contribution in [-0.2, 0) is 7.05 Å². The van der Waals surface area contributed by atoms with Crippen molar-refractivity contribution < 1.29 is 9.18 Å². The predicted molar refractivity (Wildman–Crippen MR) is 88.1 cm³/mol. The number of nitrogens with zero attached hydrogens (tertiary/aromatic N) is 3. The predicted octanol–water partition coefficient (Wildman–Crippen LogP) is 3.17. The molecule has 3 N–H and O–H groups in total. The van der Waals surface area contributed by atoms with Crippen LogP contribution in [0.15, 0.2) is 30.6 Å². The summed E-state index contributed by atoms with van der Waals surface area (Å²) in [5.74, 6) is -0.970. The number of nitrogen functional groups attached to an aromatic ring is 1. The molecule has 0 unspecified atom stereocenters. The molecule has 0 aliphatic heterocycles. The lowest BCUT2D eigenvalue weighted by atomic mass is 10.2. The van der Waals surface area contributed by atoms with Crippen molar-refractivity contribution in [3.05, 3.63) is 47.1 Å². The second-order valence-corrected chi connectivity index (χ2v) is 6.18. The van der Waals surface area contributed by atoms with E-state index in [4.69, 9.17) is 17.3 Å². The minimum absolute atomic E-state index is 0.0354. The van der Waals surface area contributed by atoms with Gasteiger partial charge >= 0.3 is 0 Å². The molecule has 9 heteroatoms. The first-order chi connectivity index (χ1) is 10.9. The zero-order valence-electron chi connectivity index (χ0n) is 11.9. The van der Waals surface area contributed by atoms with Gasteiger partial charge in [0, 0.05) is 23.8 Å². The average molecular weight is 352 g/mol. The van der Waals surface area contributed by atoms with Gasteiger partial charge in [0.05, 0.1) is 11.9 Å². The van der Waals surface area contributed by atoms with Gasteiger partial charge in [-0.2, -0.15) is 5.10 Å². The minimum atomic E-state index is -0.486. The summed E-state index contributed by atoms with van der Waals surface area (Å²) in [4.78, 5) is 16.4. The number of benzene rings is 1. The van der Waals surface area contributed by atoms with E-state index in [0.717, 1.165) is 11.3 Å². The number of thiazole rings is 1. The number of hydrogen-bond acceptors (Lipinski definition) is 5. The van der Waals surface area contributed by atoms with Crippen LogP contribution in [0.4, 0.5) is 15.1 Å². The van der Waals surface area contributed by atoms with E-state index in [2.05, 4.69) is 15.4 Å². The Morgan fingerprint density at radius 1 is 1.48 bits per heavy atom. The van der Waals surface area contributed by atoms with Gasteiger partial charge in [0.2, 0.25) is 0 Å². The van der Waals surface area contributed by atoms with E-state index in [0.29, 0.717) is 15.7 Å². The number of carbonyl (C=O) groups excluding carboxylic acids is 1. The van der Waals surface area contributed by atoms with E-state index >= 15 is 0 Å². The highest BCUT2D eigenvalue weighted by molar-refractivity contribution is 7.19. The standard InChI is InChI=1S/C14H11ClFN5OS/c1-21-6-8(5-18-21)19-13(22)11-12(17)23-14(20-11)9-4-7(15)2-3-10(9)16/h2-6H,17H2,1H3,(H,19,22). The summed E-state index contributed by atoms with van der Waals surface area (Å²) in [6.07, 6.45) is 3.13. The lowest BCUT2D eigenvalue weighted by Crippen LogP contribution is -2.13. The molecule has 0 fully saturated rings. The molecule has 0 atom stereocenters. The van der Waals surface area contributed by atoms with Crippen molar-refractivity contribution in [3.63, 3.8) is 0 Å². The Morgan fingerprint density at radius 2 is 2.26 bits per heavy atom. The van der Waals surface area contributed by atoms with Crippen molar-refractivity contribution in [1.29, 1.82) is 0 Å². The van der Waals surface area contributed by atoms with E-state index in [-0.39, 0.29) is 16.3 Å². The first-order valence-electron chi connectivity index (χ1n) is 6.46. The number of nitrogens with one attached hydrogen (secondary N) is 1. The molecular weight excluding hydrogens is 341 g/mol. The number of nitrogens with two attached hydrogens (primary N) is 1. The number of rotatable bonds is 3. The summed E-state index contributed by atoms with van der Waals surface area (Å²) >= 11 is 6.90. The van der Waals surface area contributed by atoms with Crippen LogP contribution in [0.3, 0.4) is 0 Å². The quantitative estimate of drug-likeness (QED) is 0.758. The Labute approximate surface area is 139 Å². The number of anilines is 2. The Bertz CT molecular complexity index is 891. The lowest BCUT2D eigenvalue weighted by molar-refractivity contribution is 0.102. The van der Waals surface area contributed by atoms with Gasteiger partial charge in [0.15, 0.2) is 5.69 Å². The zero-order valence-corrected chi connectivity index (χ0v) is 13.5. The van der Waals surface area contributed by atoms with E-state index in [1.807, 2.05) is 0 Å². The Balaban J connectivity index is 1.91. The Kier molecular flexibility index (Phi) is 4.01. The van der Waals surface area contributed by atoms with Gasteiger partial charge in [-0.25, -0.2) is 9.37 Å². The molecule has 0 radical (unpaired) electrons. The average Bonchev–Trinajstić information content (AvgIpc) is 3.07. The molecule has 6 nitrogen and oxygen atoms in total. The van der Waals surface area contributed by atoms with Crippen molar-refractivity contribution in [2.75, 3.05) is 11.1 Å². The van der Waals surface area contributed by atoms with Crippen molar-refractivity contribution in [2.45, 2.75) is 0 Å². The van der Waals surface area contributed by atoms with Gasteiger partial charge in [-0.05, 0) is 18.2 Å². The molecule has 1 amide bonds. The number of amides is 1. The number of halogens is 2. The molecule has 2 aromatic heterocycles. The summed E-state index contributed by atoms with van der Waals surface area (Å²) in [5, 5.41) is 7.44. The summed E-state index contributed by atoms with van der Waals surface area (Å²) in [7, 11) is 1.73. The highest BCUT2D eigenvalue weighted by Gasteiger charge is 2.19. The fourth-order valence-corrected chi connectivity index (χ4v) is 2.97. The SMILES string of the molecule is Cn1cc(NC(=O)c2nc(-c3cc(Cl)ccc3F)sc2N)cn1. The van der Waals surface area contributed by atoms with Crippen LogP contribution in [0.5, 0.6) is 0 Å². The molecule has 0 spiro atoms.